The molecule has 1 heterocycles. The van der Waals surface area contributed by atoms with Gasteiger partial charge in [-0.25, -0.2) is 0 Å². The Balaban J connectivity index is 2.63. The molecule has 17 heavy (non-hydrogen) atoms. The van der Waals surface area contributed by atoms with Gasteiger partial charge in [0, 0.05) is 7.11 Å². The number of hydrogen-bond donors (Lipinski definition) is 1. The van der Waals surface area contributed by atoms with Gasteiger partial charge in [-0.1, -0.05) is 11.6 Å². The molecule has 0 radical (unpaired) electrons. The van der Waals surface area contributed by atoms with E-state index in [1.165, 1.54) is 0 Å². The average molecular weight is 279 g/mol. The second kappa shape index (κ2) is 7.97. The van der Waals surface area contributed by atoms with Gasteiger partial charge in [0.25, 0.3) is 0 Å². The van der Waals surface area contributed by atoms with Gasteiger partial charge < -0.3 is 9.84 Å². The monoisotopic (exact) mass is 278 g/mol. The third-order valence-corrected chi connectivity index (χ3v) is 3.47. The zero-order valence-electron chi connectivity index (χ0n) is 10.2. The van der Waals surface area contributed by atoms with Crippen LogP contribution in [0.4, 0.5) is 0 Å². The Kier molecular flexibility index (Phi) is 6.96. The van der Waals surface area contributed by atoms with Gasteiger partial charge in [0.2, 0.25) is 0 Å². The fraction of sp³-hybridized carbons (Fsp3) is 0.727. The Morgan fingerprint density at radius 3 is 3.06 bits per heavy atom. The van der Waals surface area contributed by atoms with Gasteiger partial charge in [-0.15, -0.1) is 0 Å². The quantitative estimate of drug-likeness (QED) is 0.742. The Hall–Kier alpha value is -0.230. The van der Waals surface area contributed by atoms with Crippen molar-refractivity contribution in [2.24, 2.45) is 0 Å². The number of nitrogens with zero attached hydrogens (tertiary/aromatic N) is 2. The van der Waals surface area contributed by atoms with Gasteiger partial charge in [0.05, 0.1) is 36.2 Å². The number of halogens is 1. The van der Waals surface area contributed by atoms with E-state index in [0.717, 1.165) is 12.2 Å². The van der Waals surface area contributed by atoms with Gasteiger partial charge in [0.15, 0.2) is 0 Å². The molecule has 0 fully saturated rings. The number of ether oxygens (including phenoxy) is 1. The topological polar surface area (TPSA) is 47.3 Å². The molecule has 1 N–H and O–H groups in total. The number of aliphatic hydroxyl groups excluding tert-OH is 1. The molecule has 4 nitrogen and oxygen atoms in total. The highest BCUT2D eigenvalue weighted by Gasteiger charge is 2.17. The molecule has 0 spiro atoms. The highest BCUT2D eigenvalue weighted by atomic mass is 35.5. The minimum atomic E-state index is -0.547. The van der Waals surface area contributed by atoms with E-state index in [1.807, 2.05) is 0 Å². The lowest BCUT2D eigenvalue weighted by molar-refractivity contribution is 0.145. The fourth-order valence-corrected chi connectivity index (χ4v) is 2.34. The number of aliphatic hydroxyl groups is 1. The van der Waals surface area contributed by atoms with Crippen LogP contribution >= 0.6 is 23.4 Å². The maximum Gasteiger partial charge on any atom is 0.0972 e. The predicted octanol–water partition coefficient (Wildman–Crippen LogP) is 2.36. The first kappa shape index (κ1) is 14.8. The summed E-state index contributed by atoms with van der Waals surface area (Å²) in [5.74, 6) is 1.04. The molecular formula is C11H19ClN2O2S. The smallest absolute Gasteiger partial charge is 0.0972 e. The van der Waals surface area contributed by atoms with Crippen LogP contribution < -0.4 is 0 Å². The van der Waals surface area contributed by atoms with Crippen LogP contribution in [0.3, 0.4) is 0 Å². The molecule has 1 aromatic heterocycles. The van der Waals surface area contributed by atoms with E-state index in [2.05, 4.69) is 11.4 Å². The van der Waals surface area contributed by atoms with Crippen molar-refractivity contribution in [2.75, 3.05) is 25.7 Å². The largest absolute Gasteiger partial charge is 0.387 e. The van der Waals surface area contributed by atoms with Crippen LogP contribution in [0, 0.1) is 0 Å². The Labute approximate surface area is 111 Å². The predicted molar refractivity (Wildman–Crippen MR) is 71.7 cm³/mol. The van der Waals surface area contributed by atoms with Crippen molar-refractivity contribution in [3.63, 3.8) is 0 Å². The highest BCUT2D eigenvalue weighted by molar-refractivity contribution is 7.98. The van der Waals surface area contributed by atoms with Crippen molar-refractivity contribution >= 4 is 23.4 Å². The first-order valence-corrected chi connectivity index (χ1v) is 7.35. The van der Waals surface area contributed by atoms with Crippen molar-refractivity contribution in [1.82, 2.24) is 9.78 Å². The van der Waals surface area contributed by atoms with Gasteiger partial charge in [-0.2, -0.15) is 16.9 Å². The zero-order chi connectivity index (χ0) is 12.7. The minimum absolute atomic E-state index is 0.526. The summed E-state index contributed by atoms with van der Waals surface area (Å²) in [6.07, 6.45) is 4.76. The number of methoxy groups -OCH3 is 1. The summed E-state index contributed by atoms with van der Waals surface area (Å²) in [5, 5.41) is 14.8. The van der Waals surface area contributed by atoms with Crippen LogP contribution in [0.5, 0.6) is 0 Å². The van der Waals surface area contributed by atoms with E-state index in [9.17, 15) is 5.11 Å². The second-order valence-corrected chi connectivity index (χ2v) is 5.14. The maximum atomic E-state index is 10.1. The summed E-state index contributed by atoms with van der Waals surface area (Å²) in [6.45, 7) is 1.17. The molecule has 0 bridgehead atoms. The van der Waals surface area contributed by atoms with Crippen molar-refractivity contribution in [3.8, 4) is 0 Å². The zero-order valence-corrected chi connectivity index (χ0v) is 11.8. The van der Waals surface area contributed by atoms with E-state index in [4.69, 9.17) is 16.3 Å². The van der Waals surface area contributed by atoms with E-state index in [1.54, 1.807) is 29.8 Å². The molecule has 0 amide bonds. The molecule has 0 aliphatic heterocycles. The Morgan fingerprint density at radius 1 is 1.65 bits per heavy atom. The first-order chi connectivity index (χ1) is 8.20. The SMILES string of the molecule is COCCn1ncc(Cl)c1C(O)CCCSC. The van der Waals surface area contributed by atoms with Gasteiger partial charge in [-0.3, -0.25) is 4.68 Å². The van der Waals surface area contributed by atoms with Gasteiger partial charge in [0.1, 0.15) is 0 Å². The molecule has 0 aliphatic carbocycles. The summed E-state index contributed by atoms with van der Waals surface area (Å²) in [6, 6.07) is 0. The van der Waals surface area contributed by atoms with E-state index >= 15 is 0 Å². The highest BCUT2D eigenvalue weighted by Crippen LogP contribution is 2.26. The molecule has 0 saturated carbocycles. The summed E-state index contributed by atoms with van der Waals surface area (Å²) in [4.78, 5) is 0. The fourth-order valence-electron chi connectivity index (χ4n) is 1.62. The normalized spacial score (nSPS) is 12.9. The van der Waals surface area contributed by atoms with Crippen LogP contribution in [0.15, 0.2) is 6.20 Å². The molecule has 1 atom stereocenters. The molecular weight excluding hydrogens is 260 g/mol. The van der Waals surface area contributed by atoms with Crippen LogP contribution in [-0.2, 0) is 11.3 Å². The molecule has 1 unspecified atom stereocenters. The number of hydrogen-bond acceptors (Lipinski definition) is 4. The lowest BCUT2D eigenvalue weighted by Crippen LogP contribution is -2.13. The van der Waals surface area contributed by atoms with Crippen molar-refractivity contribution in [2.45, 2.75) is 25.5 Å². The summed E-state index contributed by atoms with van der Waals surface area (Å²) < 4.78 is 6.72. The van der Waals surface area contributed by atoms with Crippen LogP contribution in [0.25, 0.3) is 0 Å². The van der Waals surface area contributed by atoms with Crippen LogP contribution in [-0.4, -0.2) is 40.6 Å². The van der Waals surface area contributed by atoms with E-state index in [-0.39, 0.29) is 0 Å². The molecule has 0 saturated heterocycles. The summed E-state index contributed by atoms with van der Waals surface area (Å²) >= 11 is 7.82. The van der Waals surface area contributed by atoms with Crippen molar-refractivity contribution < 1.29 is 9.84 Å². The van der Waals surface area contributed by atoms with Crippen molar-refractivity contribution in [3.05, 3.63) is 16.9 Å². The third kappa shape index (κ3) is 4.50. The van der Waals surface area contributed by atoms with Crippen LogP contribution in [0.2, 0.25) is 5.02 Å². The molecule has 98 valence electrons. The second-order valence-electron chi connectivity index (χ2n) is 3.74. The summed E-state index contributed by atoms with van der Waals surface area (Å²) in [5.41, 5.74) is 0.699. The minimum Gasteiger partial charge on any atom is -0.387 e. The van der Waals surface area contributed by atoms with E-state index < -0.39 is 6.10 Å². The molecule has 6 heteroatoms. The lowest BCUT2D eigenvalue weighted by atomic mass is 10.1. The lowest BCUT2D eigenvalue weighted by Gasteiger charge is -2.13. The standard InChI is InChI=1S/C11H19ClN2O2S/c1-16-6-5-14-11(9(12)8-13-14)10(15)4-3-7-17-2/h8,10,15H,3-7H2,1-2H3. The number of thioether (sulfide) groups is 1. The summed E-state index contributed by atoms with van der Waals surface area (Å²) in [7, 11) is 1.64. The number of rotatable bonds is 8. The molecule has 1 aromatic rings. The third-order valence-electron chi connectivity index (χ3n) is 2.48. The van der Waals surface area contributed by atoms with Crippen LogP contribution in [0.1, 0.15) is 24.6 Å². The molecule has 1 rings (SSSR count). The molecule has 0 aliphatic rings. The van der Waals surface area contributed by atoms with Gasteiger partial charge >= 0.3 is 0 Å². The van der Waals surface area contributed by atoms with E-state index in [0.29, 0.717) is 30.3 Å². The Morgan fingerprint density at radius 2 is 2.41 bits per heavy atom. The number of aromatic nitrogens is 2. The van der Waals surface area contributed by atoms with Gasteiger partial charge in [-0.05, 0) is 24.9 Å². The Bertz CT molecular complexity index is 333. The first-order valence-electron chi connectivity index (χ1n) is 5.57. The average Bonchev–Trinajstić information content (AvgIpc) is 2.68. The molecule has 0 aromatic carbocycles. The van der Waals surface area contributed by atoms with Crippen molar-refractivity contribution in [1.29, 1.82) is 0 Å². The maximum absolute atomic E-state index is 10.1.